The number of hydrogen-bond donors (Lipinski definition) is 0. The highest BCUT2D eigenvalue weighted by molar-refractivity contribution is 6.78. The lowest BCUT2D eigenvalue weighted by Crippen LogP contribution is -2.51. The third kappa shape index (κ3) is 11.5. The standard InChI is InChI=1S/C18H42O3Si2/c1-9-13-15-17(11-3)19-22(5,6)21-23(7,8)20-18(12-4)16-14-10-2/h17-18H,9-16H2,1-8H3. The molecule has 2 atom stereocenters. The number of hydrogen-bond acceptors (Lipinski definition) is 3. The fourth-order valence-corrected chi connectivity index (χ4v) is 10.3. The van der Waals surface area contributed by atoms with Gasteiger partial charge in [-0.15, -0.1) is 0 Å². The quantitative estimate of drug-likeness (QED) is 0.336. The maximum atomic E-state index is 6.48. The molecule has 0 amide bonds. The fourth-order valence-electron chi connectivity index (χ4n) is 3.00. The summed E-state index contributed by atoms with van der Waals surface area (Å²) in [5, 5.41) is 0. The molecule has 23 heavy (non-hydrogen) atoms. The molecule has 0 saturated carbocycles. The van der Waals surface area contributed by atoms with E-state index in [2.05, 4.69) is 53.9 Å². The van der Waals surface area contributed by atoms with Crippen LogP contribution in [0.5, 0.6) is 0 Å². The molecule has 0 spiro atoms. The Bertz CT molecular complexity index is 268. The van der Waals surface area contributed by atoms with Crippen molar-refractivity contribution in [1.29, 1.82) is 0 Å². The van der Waals surface area contributed by atoms with Crippen LogP contribution in [0.1, 0.15) is 79.1 Å². The van der Waals surface area contributed by atoms with Crippen molar-refractivity contribution in [2.75, 3.05) is 0 Å². The smallest absolute Gasteiger partial charge is 0.323 e. The highest BCUT2D eigenvalue weighted by Gasteiger charge is 2.39. The first kappa shape index (κ1) is 23.3. The zero-order chi connectivity index (χ0) is 17.9. The SMILES string of the molecule is CCCCC(CC)O[Si](C)(C)O[Si](C)(C)OC(CC)CCCC. The second-order valence-corrected chi connectivity index (χ2v) is 14.4. The first-order valence-corrected chi connectivity index (χ1v) is 15.4. The molecule has 0 N–H and O–H groups in total. The lowest BCUT2D eigenvalue weighted by Gasteiger charge is -2.37. The van der Waals surface area contributed by atoms with Crippen molar-refractivity contribution in [2.45, 2.75) is 117 Å². The van der Waals surface area contributed by atoms with Gasteiger partial charge in [-0.2, -0.15) is 0 Å². The van der Waals surface area contributed by atoms with Crippen LogP contribution in [0.3, 0.4) is 0 Å². The lowest BCUT2D eigenvalue weighted by atomic mass is 10.1. The Morgan fingerprint density at radius 3 is 1.26 bits per heavy atom. The highest BCUT2D eigenvalue weighted by Crippen LogP contribution is 2.24. The average molecular weight is 363 g/mol. The summed E-state index contributed by atoms with van der Waals surface area (Å²) < 4.78 is 19.3. The number of unbranched alkanes of at least 4 members (excludes halogenated alkanes) is 2. The summed E-state index contributed by atoms with van der Waals surface area (Å²) in [7, 11) is -4.29. The third-order valence-corrected chi connectivity index (χ3v) is 9.80. The van der Waals surface area contributed by atoms with Crippen molar-refractivity contribution in [3.63, 3.8) is 0 Å². The maximum absolute atomic E-state index is 6.48. The van der Waals surface area contributed by atoms with Crippen LogP contribution >= 0.6 is 0 Å². The van der Waals surface area contributed by atoms with Gasteiger partial charge in [0.25, 0.3) is 0 Å². The lowest BCUT2D eigenvalue weighted by molar-refractivity contribution is 0.105. The Kier molecular flexibility index (Phi) is 12.0. The zero-order valence-electron chi connectivity index (χ0n) is 17.0. The minimum absolute atomic E-state index is 0.337. The van der Waals surface area contributed by atoms with E-state index in [1.165, 1.54) is 25.7 Å². The Morgan fingerprint density at radius 1 is 0.652 bits per heavy atom. The largest absolute Gasteiger partial charge is 0.415 e. The van der Waals surface area contributed by atoms with Crippen molar-refractivity contribution in [3.8, 4) is 0 Å². The summed E-state index contributed by atoms with van der Waals surface area (Å²) in [6, 6.07) is 0. The first-order valence-electron chi connectivity index (χ1n) is 9.75. The van der Waals surface area contributed by atoms with Crippen LogP contribution < -0.4 is 0 Å². The minimum Gasteiger partial charge on any atom is -0.415 e. The van der Waals surface area contributed by atoms with Gasteiger partial charge in [-0.25, -0.2) is 0 Å². The molecule has 0 aliphatic rings. The van der Waals surface area contributed by atoms with Gasteiger partial charge in [0, 0.05) is 12.2 Å². The molecule has 0 bridgehead atoms. The predicted molar refractivity (Wildman–Crippen MR) is 105 cm³/mol. The average Bonchev–Trinajstić information content (AvgIpc) is 2.46. The molecule has 0 aromatic rings. The summed E-state index contributed by atoms with van der Waals surface area (Å²) in [4.78, 5) is 0. The van der Waals surface area contributed by atoms with Crippen LogP contribution in [0.15, 0.2) is 0 Å². The molecule has 0 aliphatic heterocycles. The van der Waals surface area contributed by atoms with Crippen LogP contribution in [0, 0.1) is 0 Å². The molecule has 140 valence electrons. The van der Waals surface area contributed by atoms with Crippen LogP contribution in [0.2, 0.25) is 26.2 Å². The second kappa shape index (κ2) is 11.8. The van der Waals surface area contributed by atoms with Crippen LogP contribution in [0.25, 0.3) is 0 Å². The molecule has 0 rings (SSSR count). The van der Waals surface area contributed by atoms with Gasteiger partial charge in [-0.3, -0.25) is 0 Å². The minimum atomic E-state index is -2.15. The van der Waals surface area contributed by atoms with E-state index in [-0.39, 0.29) is 0 Å². The summed E-state index contributed by atoms with van der Waals surface area (Å²) in [5.74, 6) is 0. The maximum Gasteiger partial charge on any atom is 0.323 e. The van der Waals surface area contributed by atoms with Gasteiger partial charge in [0.2, 0.25) is 0 Å². The van der Waals surface area contributed by atoms with E-state index in [9.17, 15) is 0 Å². The van der Waals surface area contributed by atoms with Crippen LogP contribution in [-0.2, 0) is 13.0 Å². The first-order chi connectivity index (χ1) is 10.7. The molecule has 2 unspecified atom stereocenters. The van der Waals surface area contributed by atoms with Crippen molar-refractivity contribution in [2.24, 2.45) is 0 Å². The third-order valence-electron chi connectivity index (χ3n) is 4.06. The molecule has 0 aliphatic carbocycles. The van der Waals surface area contributed by atoms with Crippen LogP contribution in [0.4, 0.5) is 0 Å². The molecule has 0 fully saturated rings. The highest BCUT2D eigenvalue weighted by atomic mass is 28.5. The van der Waals surface area contributed by atoms with E-state index in [1.54, 1.807) is 0 Å². The molecule has 0 aromatic heterocycles. The van der Waals surface area contributed by atoms with Crippen molar-refractivity contribution in [1.82, 2.24) is 0 Å². The summed E-state index contributed by atoms with van der Waals surface area (Å²) in [6.45, 7) is 17.6. The molecule has 0 saturated heterocycles. The van der Waals surface area contributed by atoms with Crippen molar-refractivity contribution >= 4 is 17.1 Å². The van der Waals surface area contributed by atoms with Gasteiger partial charge in [-0.1, -0.05) is 53.4 Å². The molecule has 0 aromatic carbocycles. The Labute approximate surface area is 148 Å². The second-order valence-electron chi connectivity index (χ2n) is 7.48. The van der Waals surface area contributed by atoms with E-state index in [1.807, 2.05) is 0 Å². The molecule has 3 nitrogen and oxygen atoms in total. The molecule has 5 heteroatoms. The Hall–Kier alpha value is 0.314. The van der Waals surface area contributed by atoms with Gasteiger partial charge in [-0.05, 0) is 51.9 Å². The summed E-state index contributed by atoms with van der Waals surface area (Å²) in [5.41, 5.74) is 0. The van der Waals surface area contributed by atoms with Gasteiger partial charge in [0.05, 0.1) is 0 Å². The Balaban J connectivity index is 4.57. The predicted octanol–water partition coefficient (Wildman–Crippen LogP) is 6.38. The Morgan fingerprint density at radius 2 is 1.00 bits per heavy atom. The molecule has 0 radical (unpaired) electrons. The van der Waals surface area contributed by atoms with Gasteiger partial charge in [0.1, 0.15) is 0 Å². The fraction of sp³-hybridized carbons (Fsp3) is 1.00. The van der Waals surface area contributed by atoms with E-state index < -0.39 is 17.1 Å². The summed E-state index contributed by atoms with van der Waals surface area (Å²) >= 11 is 0. The molecular formula is C18H42O3Si2. The van der Waals surface area contributed by atoms with Crippen molar-refractivity contribution in [3.05, 3.63) is 0 Å². The number of rotatable bonds is 14. The normalized spacial score (nSPS) is 15.7. The summed E-state index contributed by atoms with van der Waals surface area (Å²) in [6.07, 6.45) is 10.0. The molecular weight excluding hydrogens is 320 g/mol. The monoisotopic (exact) mass is 362 g/mol. The van der Waals surface area contributed by atoms with E-state index >= 15 is 0 Å². The van der Waals surface area contributed by atoms with E-state index in [4.69, 9.17) is 13.0 Å². The van der Waals surface area contributed by atoms with Gasteiger partial charge in [0.15, 0.2) is 0 Å². The van der Waals surface area contributed by atoms with Crippen LogP contribution in [-0.4, -0.2) is 29.3 Å². The van der Waals surface area contributed by atoms with Gasteiger partial charge < -0.3 is 13.0 Å². The van der Waals surface area contributed by atoms with E-state index in [0.29, 0.717) is 12.2 Å². The van der Waals surface area contributed by atoms with Gasteiger partial charge >= 0.3 is 17.1 Å². The van der Waals surface area contributed by atoms with Crippen molar-refractivity contribution < 1.29 is 13.0 Å². The van der Waals surface area contributed by atoms with E-state index in [0.717, 1.165) is 25.7 Å². The topological polar surface area (TPSA) is 27.7 Å². The zero-order valence-corrected chi connectivity index (χ0v) is 19.0. The molecule has 0 heterocycles.